The van der Waals surface area contributed by atoms with Crippen LogP contribution in [0.25, 0.3) is 0 Å². The summed E-state index contributed by atoms with van der Waals surface area (Å²) in [6.45, 7) is 3.20. The number of likely N-dealkylation sites (tertiary alicyclic amines) is 1. The number of hydrogen-bond donors (Lipinski definition) is 0. The van der Waals surface area contributed by atoms with Gasteiger partial charge in [-0.05, 0) is 36.3 Å². The number of carbonyl (C=O) groups is 1. The lowest BCUT2D eigenvalue weighted by Crippen LogP contribution is -2.37. The molecule has 1 saturated heterocycles. The molecule has 1 amide bonds. The Balaban J connectivity index is 1.39. The molecule has 0 atom stereocenters. The lowest BCUT2D eigenvalue weighted by Gasteiger charge is -2.33. The van der Waals surface area contributed by atoms with Crippen molar-refractivity contribution in [3.05, 3.63) is 45.1 Å². The number of benzene rings is 1. The maximum atomic E-state index is 12.6. The number of piperidine rings is 1. The predicted molar refractivity (Wildman–Crippen MR) is 97.0 cm³/mol. The van der Waals surface area contributed by atoms with Gasteiger partial charge in [0.1, 0.15) is 11.5 Å². The molecule has 0 N–H and O–H groups in total. The van der Waals surface area contributed by atoms with Crippen LogP contribution in [0, 0.1) is 0 Å². The number of rotatable bonds is 2. The summed E-state index contributed by atoms with van der Waals surface area (Å²) in [7, 11) is 0. The van der Waals surface area contributed by atoms with Crippen LogP contribution in [-0.2, 0) is 12.8 Å². The molecule has 0 spiro atoms. The zero-order valence-corrected chi connectivity index (χ0v) is 14.9. The van der Waals surface area contributed by atoms with E-state index in [0.717, 1.165) is 68.4 Å². The Morgan fingerprint density at radius 1 is 1.16 bits per heavy atom. The molecular formula is C20H21NO3S. The summed E-state index contributed by atoms with van der Waals surface area (Å²) in [6.07, 6.45) is 3.97. The van der Waals surface area contributed by atoms with Crippen LogP contribution in [0.5, 0.6) is 11.5 Å². The average Bonchev–Trinajstić information content (AvgIpc) is 3.39. The van der Waals surface area contributed by atoms with Crippen molar-refractivity contribution >= 4 is 17.2 Å². The monoisotopic (exact) mass is 355 g/mol. The summed E-state index contributed by atoms with van der Waals surface area (Å²) in [4.78, 5) is 15.4. The van der Waals surface area contributed by atoms with Gasteiger partial charge in [0.05, 0.1) is 18.1 Å². The smallest absolute Gasteiger partial charge is 0.263 e. The van der Waals surface area contributed by atoms with Gasteiger partial charge >= 0.3 is 0 Å². The fraction of sp³-hybridized carbons (Fsp3) is 0.450. The molecule has 130 valence electrons. The number of carbonyl (C=O) groups excluding carboxylic acids is 1. The van der Waals surface area contributed by atoms with Crippen LogP contribution in [-0.4, -0.2) is 37.1 Å². The van der Waals surface area contributed by atoms with Gasteiger partial charge in [-0.2, -0.15) is 0 Å². The molecule has 2 aromatic rings. The van der Waals surface area contributed by atoms with E-state index in [9.17, 15) is 4.79 Å². The van der Waals surface area contributed by atoms with E-state index in [1.54, 1.807) is 0 Å². The Morgan fingerprint density at radius 2 is 2.00 bits per heavy atom. The van der Waals surface area contributed by atoms with Crippen molar-refractivity contribution in [1.82, 2.24) is 4.90 Å². The summed E-state index contributed by atoms with van der Waals surface area (Å²) in [5.74, 6) is 2.83. The third-order valence-corrected chi connectivity index (χ3v) is 6.47. The van der Waals surface area contributed by atoms with Crippen LogP contribution in [0.4, 0.5) is 0 Å². The van der Waals surface area contributed by atoms with Crippen LogP contribution in [0.2, 0.25) is 0 Å². The first-order valence-electron chi connectivity index (χ1n) is 9.08. The second-order valence-corrected chi connectivity index (χ2v) is 7.94. The maximum Gasteiger partial charge on any atom is 0.263 e. The largest absolute Gasteiger partial charge is 0.493 e. The summed E-state index contributed by atoms with van der Waals surface area (Å²) in [5.41, 5.74) is 4.03. The van der Waals surface area contributed by atoms with Crippen LogP contribution in [0.1, 0.15) is 45.1 Å². The molecule has 5 heteroatoms. The zero-order valence-electron chi connectivity index (χ0n) is 14.1. The van der Waals surface area contributed by atoms with Gasteiger partial charge in [0.15, 0.2) is 0 Å². The minimum Gasteiger partial charge on any atom is -0.493 e. The van der Waals surface area contributed by atoms with Crippen molar-refractivity contribution < 1.29 is 14.3 Å². The molecular weight excluding hydrogens is 334 g/mol. The van der Waals surface area contributed by atoms with Gasteiger partial charge in [0.2, 0.25) is 0 Å². The molecule has 1 aromatic heterocycles. The molecule has 3 aliphatic rings. The maximum absolute atomic E-state index is 12.6. The lowest BCUT2D eigenvalue weighted by atomic mass is 9.84. The highest BCUT2D eigenvalue weighted by molar-refractivity contribution is 7.12. The van der Waals surface area contributed by atoms with Gasteiger partial charge in [0.25, 0.3) is 5.91 Å². The van der Waals surface area contributed by atoms with E-state index < -0.39 is 0 Å². The molecule has 1 aromatic carbocycles. The van der Waals surface area contributed by atoms with Crippen LogP contribution in [0.15, 0.2) is 23.6 Å². The van der Waals surface area contributed by atoms with E-state index >= 15 is 0 Å². The Hall–Kier alpha value is -2.01. The molecule has 0 saturated carbocycles. The second kappa shape index (κ2) is 6.06. The van der Waals surface area contributed by atoms with Gasteiger partial charge in [0, 0.05) is 42.6 Å². The fourth-order valence-corrected chi connectivity index (χ4v) is 5.07. The first-order chi connectivity index (χ1) is 12.3. The molecule has 0 unspecified atom stereocenters. The molecule has 3 aliphatic heterocycles. The minimum absolute atomic E-state index is 0.177. The normalized spacial score (nSPS) is 19.3. The summed E-state index contributed by atoms with van der Waals surface area (Å²) < 4.78 is 11.9. The van der Waals surface area contributed by atoms with Crippen molar-refractivity contribution in [1.29, 1.82) is 0 Å². The molecule has 1 fully saturated rings. The van der Waals surface area contributed by atoms with Gasteiger partial charge in [-0.3, -0.25) is 4.79 Å². The zero-order chi connectivity index (χ0) is 16.8. The highest BCUT2D eigenvalue weighted by Gasteiger charge is 2.33. The van der Waals surface area contributed by atoms with E-state index in [4.69, 9.17) is 9.47 Å². The van der Waals surface area contributed by atoms with E-state index in [0.29, 0.717) is 5.92 Å². The standard InChI is InChI=1S/C20H21NO3S/c22-20(17-2-1-11-25-17)21-7-3-13(4-8-21)18-15-6-10-23-16(15)12-14-5-9-24-19(14)18/h1-2,11-13H,3-10H2. The summed E-state index contributed by atoms with van der Waals surface area (Å²) >= 11 is 1.53. The molecule has 4 nitrogen and oxygen atoms in total. The van der Waals surface area contributed by atoms with Gasteiger partial charge in [-0.25, -0.2) is 0 Å². The summed E-state index contributed by atoms with van der Waals surface area (Å²) in [6, 6.07) is 6.05. The first-order valence-corrected chi connectivity index (χ1v) is 9.96. The van der Waals surface area contributed by atoms with Crippen molar-refractivity contribution in [2.24, 2.45) is 0 Å². The third-order valence-electron chi connectivity index (χ3n) is 5.61. The molecule has 0 aliphatic carbocycles. The molecule has 25 heavy (non-hydrogen) atoms. The topological polar surface area (TPSA) is 38.8 Å². The third kappa shape index (κ3) is 2.53. The van der Waals surface area contributed by atoms with Crippen LogP contribution < -0.4 is 9.47 Å². The number of thiophene rings is 1. The lowest BCUT2D eigenvalue weighted by molar-refractivity contribution is 0.0717. The average molecular weight is 355 g/mol. The molecule has 4 heterocycles. The molecule has 0 bridgehead atoms. The Kier molecular flexibility index (Phi) is 3.70. The van der Waals surface area contributed by atoms with E-state index in [1.807, 2.05) is 22.4 Å². The van der Waals surface area contributed by atoms with Crippen LogP contribution in [0.3, 0.4) is 0 Å². The van der Waals surface area contributed by atoms with Gasteiger partial charge in [-0.15, -0.1) is 11.3 Å². The Labute approximate surface area is 151 Å². The second-order valence-electron chi connectivity index (χ2n) is 7.00. The fourth-order valence-electron chi connectivity index (χ4n) is 4.38. The van der Waals surface area contributed by atoms with Crippen molar-refractivity contribution in [3.8, 4) is 11.5 Å². The molecule has 5 rings (SSSR count). The number of amides is 1. The van der Waals surface area contributed by atoms with E-state index in [1.165, 1.54) is 28.0 Å². The predicted octanol–water partition coefficient (Wildman–Crippen LogP) is 3.64. The quantitative estimate of drug-likeness (QED) is 0.826. The van der Waals surface area contributed by atoms with Gasteiger partial charge < -0.3 is 14.4 Å². The molecule has 0 radical (unpaired) electrons. The number of ether oxygens (including phenoxy) is 2. The van der Waals surface area contributed by atoms with Crippen molar-refractivity contribution in [3.63, 3.8) is 0 Å². The Bertz CT molecular complexity index is 775. The number of hydrogen-bond acceptors (Lipinski definition) is 4. The van der Waals surface area contributed by atoms with E-state index in [-0.39, 0.29) is 5.91 Å². The SMILES string of the molecule is O=C(c1cccs1)N1CCC(c2c3c(cc4c2OCC4)OCC3)CC1. The van der Waals surface area contributed by atoms with Crippen LogP contribution >= 0.6 is 11.3 Å². The summed E-state index contributed by atoms with van der Waals surface area (Å²) in [5, 5.41) is 1.97. The van der Waals surface area contributed by atoms with E-state index in [2.05, 4.69) is 6.07 Å². The van der Waals surface area contributed by atoms with Gasteiger partial charge in [-0.1, -0.05) is 6.07 Å². The Morgan fingerprint density at radius 3 is 2.80 bits per heavy atom. The number of nitrogens with zero attached hydrogens (tertiary/aromatic N) is 1. The first kappa shape index (κ1) is 15.3. The highest BCUT2D eigenvalue weighted by Crippen LogP contribution is 2.46. The van der Waals surface area contributed by atoms with Crippen molar-refractivity contribution in [2.45, 2.75) is 31.6 Å². The highest BCUT2D eigenvalue weighted by atomic mass is 32.1. The minimum atomic E-state index is 0.177. The number of fused-ring (bicyclic) bond motifs is 2. The van der Waals surface area contributed by atoms with Crippen molar-refractivity contribution in [2.75, 3.05) is 26.3 Å².